The lowest BCUT2D eigenvalue weighted by molar-refractivity contribution is -0.114. The third-order valence-corrected chi connectivity index (χ3v) is 5.02. The molecule has 0 aliphatic rings. The van der Waals surface area contributed by atoms with Crippen molar-refractivity contribution in [3.05, 3.63) is 87.6 Å². The molecule has 2 amide bonds. The van der Waals surface area contributed by atoms with E-state index < -0.39 is 5.91 Å². The SMILES string of the molecule is COc1cc(/C=N\NC(=O)c2ccc(NC(C)=O)cc2)cc(Br)c1OCc1ccccc1F. The third kappa shape index (κ3) is 6.63. The number of nitrogens with zero attached hydrogens (tertiary/aromatic N) is 1. The lowest BCUT2D eigenvalue weighted by Gasteiger charge is -2.14. The van der Waals surface area contributed by atoms with E-state index in [2.05, 4.69) is 31.8 Å². The van der Waals surface area contributed by atoms with Crippen molar-refractivity contribution < 1.29 is 23.5 Å². The number of benzene rings is 3. The zero-order valence-electron chi connectivity index (χ0n) is 17.9. The van der Waals surface area contributed by atoms with Gasteiger partial charge >= 0.3 is 0 Å². The molecule has 0 saturated heterocycles. The molecule has 3 rings (SSSR count). The maximum Gasteiger partial charge on any atom is 0.271 e. The van der Waals surface area contributed by atoms with Crippen LogP contribution in [0.1, 0.15) is 28.4 Å². The van der Waals surface area contributed by atoms with Gasteiger partial charge in [0.2, 0.25) is 5.91 Å². The van der Waals surface area contributed by atoms with E-state index >= 15 is 0 Å². The number of anilines is 1. The van der Waals surface area contributed by atoms with Crippen molar-refractivity contribution >= 4 is 39.6 Å². The minimum atomic E-state index is -0.406. The number of hydrogen-bond donors (Lipinski definition) is 2. The minimum Gasteiger partial charge on any atom is -0.493 e. The first-order valence-corrected chi connectivity index (χ1v) is 10.6. The van der Waals surface area contributed by atoms with Crippen molar-refractivity contribution in [3.63, 3.8) is 0 Å². The van der Waals surface area contributed by atoms with Crippen molar-refractivity contribution in [2.75, 3.05) is 12.4 Å². The fourth-order valence-corrected chi connectivity index (χ4v) is 3.43. The van der Waals surface area contributed by atoms with Gasteiger partial charge in [-0.15, -0.1) is 0 Å². The van der Waals surface area contributed by atoms with Crippen molar-refractivity contribution in [3.8, 4) is 11.5 Å². The average Bonchev–Trinajstić information content (AvgIpc) is 2.79. The number of halogens is 2. The zero-order valence-corrected chi connectivity index (χ0v) is 19.5. The molecule has 0 atom stereocenters. The summed E-state index contributed by atoms with van der Waals surface area (Å²) in [6.45, 7) is 1.44. The maximum absolute atomic E-state index is 13.8. The second-order valence-corrected chi connectivity index (χ2v) is 7.73. The van der Waals surface area contributed by atoms with Crippen molar-refractivity contribution in [1.29, 1.82) is 0 Å². The molecule has 3 aromatic rings. The first-order chi connectivity index (χ1) is 15.9. The van der Waals surface area contributed by atoms with E-state index in [0.29, 0.717) is 38.3 Å². The Kier molecular flexibility index (Phi) is 8.15. The molecule has 0 unspecified atom stereocenters. The molecule has 0 aliphatic carbocycles. The van der Waals surface area contributed by atoms with Gasteiger partial charge in [0.1, 0.15) is 12.4 Å². The summed E-state index contributed by atoms with van der Waals surface area (Å²) in [5, 5.41) is 6.61. The van der Waals surface area contributed by atoms with E-state index in [0.717, 1.165) is 0 Å². The van der Waals surface area contributed by atoms with E-state index in [1.807, 2.05) is 0 Å². The summed E-state index contributed by atoms with van der Waals surface area (Å²) < 4.78 is 25.6. The van der Waals surface area contributed by atoms with Gasteiger partial charge in [0.05, 0.1) is 17.8 Å². The van der Waals surface area contributed by atoms with E-state index in [1.54, 1.807) is 54.6 Å². The van der Waals surface area contributed by atoms with Crippen molar-refractivity contribution in [2.24, 2.45) is 5.10 Å². The van der Waals surface area contributed by atoms with Crippen LogP contribution in [-0.2, 0) is 11.4 Å². The first kappa shape index (κ1) is 23.9. The largest absolute Gasteiger partial charge is 0.493 e. The predicted octanol–water partition coefficient (Wildman–Crippen LogP) is 4.90. The normalized spacial score (nSPS) is 10.7. The standard InChI is InChI=1S/C24H21BrFN3O4/c1-15(30)28-19-9-7-17(8-10-19)24(31)29-27-13-16-11-20(25)23(22(12-16)32-2)33-14-18-5-3-4-6-21(18)26/h3-13H,14H2,1-2H3,(H,28,30)(H,29,31)/b27-13-. The number of carbonyl (C=O) groups is 2. The summed E-state index contributed by atoms with van der Waals surface area (Å²) in [5.41, 5.74) is 4.49. The monoisotopic (exact) mass is 513 g/mol. The number of hydrogen-bond acceptors (Lipinski definition) is 5. The van der Waals surface area contributed by atoms with Gasteiger partial charge in [0.15, 0.2) is 11.5 Å². The number of ether oxygens (including phenoxy) is 2. The van der Waals surface area contributed by atoms with Gasteiger partial charge in [0.25, 0.3) is 5.91 Å². The number of amides is 2. The molecule has 0 aliphatic heterocycles. The van der Waals surface area contributed by atoms with Crippen LogP contribution in [0.15, 0.2) is 70.2 Å². The van der Waals surface area contributed by atoms with E-state index in [-0.39, 0.29) is 18.3 Å². The molecule has 2 N–H and O–H groups in total. The van der Waals surface area contributed by atoms with Crippen LogP contribution in [0.5, 0.6) is 11.5 Å². The van der Waals surface area contributed by atoms with Crippen LogP contribution in [0, 0.1) is 5.82 Å². The molecule has 0 aromatic heterocycles. The Morgan fingerprint density at radius 2 is 1.85 bits per heavy atom. The Balaban J connectivity index is 1.65. The van der Waals surface area contributed by atoms with Crippen molar-refractivity contribution in [1.82, 2.24) is 5.43 Å². The molecule has 0 fully saturated rings. The Bertz CT molecular complexity index is 1180. The lowest BCUT2D eigenvalue weighted by Crippen LogP contribution is -2.17. The van der Waals surface area contributed by atoms with Crippen LogP contribution in [0.25, 0.3) is 0 Å². The van der Waals surface area contributed by atoms with Gasteiger partial charge in [-0.25, -0.2) is 9.82 Å². The van der Waals surface area contributed by atoms with Gasteiger partial charge in [0, 0.05) is 23.7 Å². The zero-order chi connectivity index (χ0) is 23.8. The summed E-state index contributed by atoms with van der Waals surface area (Å²) in [7, 11) is 1.49. The predicted molar refractivity (Wildman–Crippen MR) is 127 cm³/mol. The first-order valence-electron chi connectivity index (χ1n) is 9.82. The van der Waals surface area contributed by atoms with Crippen LogP contribution in [0.2, 0.25) is 0 Å². The van der Waals surface area contributed by atoms with Gasteiger partial charge in [-0.2, -0.15) is 5.10 Å². The Labute approximate surface area is 198 Å². The van der Waals surface area contributed by atoms with Crippen LogP contribution in [-0.4, -0.2) is 25.1 Å². The van der Waals surface area contributed by atoms with Crippen molar-refractivity contribution in [2.45, 2.75) is 13.5 Å². The quantitative estimate of drug-likeness (QED) is 0.331. The number of nitrogens with one attached hydrogen (secondary N) is 2. The molecule has 9 heteroatoms. The fourth-order valence-electron chi connectivity index (χ4n) is 2.86. The smallest absolute Gasteiger partial charge is 0.271 e. The summed E-state index contributed by atoms with van der Waals surface area (Å²) in [6.07, 6.45) is 1.46. The Hall–Kier alpha value is -3.72. The van der Waals surface area contributed by atoms with Crippen LogP contribution < -0.4 is 20.2 Å². The second kappa shape index (κ2) is 11.2. The number of methoxy groups -OCH3 is 1. The van der Waals surface area contributed by atoms with Crippen LogP contribution in [0.3, 0.4) is 0 Å². The molecule has 0 saturated carbocycles. The molecular weight excluding hydrogens is 493 g/mol. The van der Waals surface area contributed by atoms with E-state index in [4.69, 9.17) is 9.47 Å². The summed E-state index contributed by atoms with van der Waals surface area (Å²) in [5.74, 6) is -0.112. The highest BCUT2D eigenvalue weighted by Crippen LogP contribution is 2.37. The molecule has 0 bridgehead atoms. The Morgan fingerprint density at radius 3 is 2.52 bits per heavy atom. The highest BCUT2D eigenvalue weighted by Gasteiger charge is 2.13. The third-order valence-electron chi connectivity index (χ3n) is 4.43. The van der Waals surface area contributed by atoms with Gasteiger partial charge in [-0.3, -0.25) is 9.59 Å². The lowest BCUT2D eigenvalue weighted by atomic mass is 10.2. The summed E-state index contributed by atoms with van der Waals surface area (Å²) in [6, 6.07) is 16.2. The molecule has 0 spiro atoms. The van der Waals surface area contributed by atoms with Gasteiger partial charge in [-0.1, -0.05) is 18.2 Å². The summed E-state index contributed by atoms with van der Waals surface area (Å²) >= 11 is 3.43. The van der Waals surface area contributed by atoms with Gasteiger partial charge in [-0.05, 0) is 64.0 Å². The summed E-state index contributed by atoms with van der Waals surface area (Å²) in [4.78, 5) is 23.3. The molecular formula is C24H21BrFN3O4. The average molecular weight is 514 g/mol. The number of hydrazone groups is 1. The van der Waals surface area contributed by atoms with Crippen LogP contribution >= 0.6 is 15.9 Å². The Morgan fingerprint density at radius 1 is 1.12 bits per heavy atom. The van der Waals surface area contributed by atoms with E-state index in [9.17, 15) is 14.0 Å². The number of carbonyl (C=O) groups excluding carboxylic acids is 2. The second-order valence-electron chi connectivity index (χ2n) is 6.87. The highest BCUT2D eigenvalue weighted by molar-refractivity contribution is 9.10. The molecule has 170 valence electrons. The topological polar surface area (TPSA) is 89.0 Å². The molecule has 0 radical (unpaired) electrons. The molecule has 33 heavy (non-hydrogen) atoms. The molecule has 7 nitrogen and oxygen atoms in total. The van der Waals surface area contributed by atoms with Crippen LogP contribution in [0.4, 0.5) is 10.1 Å². The van der Waals surface area contributed by atoms with Gasteiger partial charge < -0.3 is 14.8 Å². The number of rotatable bonds is 8. The van der Waals surface area contributed by atoms with E-state index in [1.165, 1.54) is 26.3 Å². The molecule has 3 aromatic carbocycles. The highest BCUT2D eigenvalue weighted by atomic mass is 79.9. The minimum absolute atomic E-state index is 0.0336. The molecule has 0 heterocycles. The maximum atomic E-state index is 13.8. The fraction of sp³-hybridized carbons (Fsp3) is 0.125.